The molecular formula is C15H16O. The summed E-state index contributed by atoms with van der Waals surface area (Å²) in [4.78, 5) is 0. The standard InChI is InChI=1S/C15H16O/c1-13(15-11-7-4-8-12-15)9-5-3-6-10-14(2)16/h3-8,10-12,16H,1-2,9H2/b5-3-,10-6-. The van der Waals surface area contributed by atoms with Crippen molar-refractivity contribution in [1.29, 1.82) is 0 Å². The Morgan fingerprint density at radius 1 is 1.12 bits per heavy atom. The quantitative estimate of drug-likeness (QED) is 0.570. The molecular weight excluding hydrogens is 196 g/mol. The van der Waals surface area contributed by atoms with Gasteiger partial charge < -0.3 is 5.11 Å². The molecule has 82 valence electrons. The predicted molar refractivity (Wildman–Crippen MR) is 70.1 cm³/mol. The summed E-state index contributed by atoms with van der Waals surface area (Å²) in [5, 5.41) is 8.81. The van der Waals surface area contributed by atoms with E-state index in [-0.39, 0.29) is 5.76 Å². The zero-order valence-electron chi connectivity index (χ0n) is 9.26. The first kappa shape index (κ1) is 12.1. The summed E-state index contributed by atoms with van der Waals surface area (Å²) in [6, 6.07) is 10.1. The van der Waals surface area contributed by atoms with Crippen LogP contribution in [0.25, 0.3) is 5.57 Å². The predicted octanol–water partition coefficient (Wildman–Crippen LogP) is 4.27. The van der Waals surface area contributed by atoms with Crippen molar-refractivity contribution in [2.24, 2.45) is 0 Å². The van der Waals surface area contributed by atoms with E-state index in [2.05, 4.69) is 13.2 Å². The summed E-state index contributed by atoms with van der Waals surface area (Å²) in [5.74, 6) is 0.0616. The van der Waals surface area contributed by atoms with Crippen LogP contribution in [0.1, 0.15) is 12.0 Å². The third-order valence-corrected chi connectivity index (χ3v) is 2.08. The second kappa shape index (κ2) is 6.46. The minimum absolute atomic E-state index is 0.0616. The van der Waals surface area contributed by atoms with Crippen LogP contribution in [-0.4, -0.2) is 5.11 Å². The fourth-order valence-electron chi connectivity index (χ4n) is 1.25. The van der Waals surface area contributed by atoms with Gasteiger partial charge in [0.25, 0.3) is 0 Å². The van der Waals surface area contributed by atoms with Gasteiger partial charge in [-0.3, -0.25) is 0 Å². The van der Waals surface area contributed by atoms with Gasteiger partial charge in [0.15, 0.2) is 0 Å². The molecule has 1 nitrogen and oxygen atoms in total. The highest BCUT2D eigenvalue weighted by atomic mass is 16.3. The first-order valence-corrected chi connectivity index (χ1v) is 5.14. The summed E-state index contributed by atoms with van der Waals surface area (Å²) >= 11 is 0. The molecule has 0 unspecified atom stereocenters. The molecule has 1 rings (SSSR count). The molecule has 0 aliphatic heterocycles. The van der Waals surface area contributed by atoms with E-state index in [0.29, 0.717) is 0 Å². The Kier molecular flexibility index (Phi) is 4.87. The van der Waals surface area contributed by atoms with Gasteiger partial charge in [0.2, 0.25) is 0 Å². The number of benzene rings is 1. The van der Waals surface area contributed by atoms with Crippen molar-refractivity contribution in [2.45, 2.75) is 6.42 Å². The zero-order chi connectivity index (χ0) is 11.8. The first-order valence-electron chi connectivity index (χ1n) is 5.14. The van der Waals surface area contributed by atoms with Crippen LogP contribution in [0.4, 0.5) is 0 Å². The lowest BCUT2D eigenvalue weighted by molar-refractivity contribution is 0.435. The smallest absolute Gasteiger partial charge is 0.108 e. The maximum atomic E-state index is 8.81. The lowest BCUT2D eigenvalue weighted by Gasteiger charge is -2.00. The molecule has 0 aliphatic carbocycles. The van der Waals surface area contributed by atoms with Gasteiger partial charge in [-0.2, -0.15) is 0 Å². The zero-order valence-corrected chi connectivity index (χ0v) is 9.26. The fourth-order valence-corrected chi connectivity index (χ4v) is 1.25. The van der Waals surface area contributed by atoms with Crippen LogP contribution in [0, 0.1) is 0 Å². The third kappa shape index (κ3) is 4.47. The van der Waals surface area contributed by atoms with Crippen molar-refractivity contribution in [3.8, 4) is 0 Å². The van der Waals surface area contributed by atoms with Crippen molar-refractivity contribution in [2.75, 3.05) is 0 Å². The van der Waals surface area contributed by atoms with E-state index in [1.807, 2.05) is 42.5 Å². The van der Waals surface area contributed by atoms with Crippen LogP contribution >= 0.6 is 0 Å². The number of rotatable bonds is 5. The summed E-state index contributed by atoms with van der Waals surface area (Å²) in [5.41, 5.74) is 2.23. The molecule has 0 saturated carbocycles. The maximum Gasteiger partial charge on any atom is 0.108 e. The molecule has 0 fully saturated rings. The van der Waals surface area contributed by atoms with Gasteiger partial charge in [0.05, 0.1) is 0 Å². The second-order valence-corrected chi connectivity index (χ2v) is 3.45. The summed E-state index contributed by atoms with van der Waals surface area (Å²) in [6.07, 6.45) is 7.96. The molecule has 1 aromatic rings. The van der Waals surface area contributed by atoms with Crippen LogP contribution in [0.15, 0.2) is 73.6 Å². The SMILES string of the molecule is C=C(O)/C=C\C=C/CC(=C)c1ccccc1. The second-order valence-electron chi connectivity index (χ2n) is 3.45. The van der Waals surface area contributed by atoms with Crippen LogP contribution in [0.5, 0.6) is 0 Å². The summed E-state index contributed by atoms with van der Waals surface area (Å²) in [6.45, 7) is 7.37. The number of hydrogen-bond acceptors (Lipinski definition) is 1. The molecule has 1 aromatic carbocycles. The number of allylic oxidation sites excluding steroid dienone is 5. The Bertz CT molecular complexity index is 410. The molecule has 0 saturated heterocycles. The van der Waals surface area contributed by atoms with E-state index in [9.17, 15) is 0 Å². The van der Waals surface area contributed by atoms with E-state index < -0.39 is 0 Å². The average Bonchev–Trinajstić information content (AvgIpc) is 2.29. The van der Waals surface area contributed by atoms with E-state index >= 15 is 0 Å². The fraction of sp³-hybridized carbons (Fsp3) is 0.0667. The molecule has 0 bridgehead atoms. The third-order valence-electron chi connectivity index (χ3n) is 2.08. The van der Waals surface area contributed by atoms with E-state index in [1.165, 1.54) is 0 Å². The van der Waals surface area contributed by atoms with Crippen LogP contribution in [0.2, 0.25) is 0 Å². The minimum atomic E-state index is 0.0616. The van der Waals surface area contributed by atoms with E-state index in [1.54, 1.807) is 12.2 Å². The van der Waals surface area contributed by atoms with Crippen molar-refractivity contribution in [3.63, 3.8) is 0 Å². The monoisotopic (exact) mass is 212 g/mol. The molecule has 0 heterocycles. The molecule has 0 aliphatic rings. The number of hydrogen-bond donors (Lipinski definition) is 1. The van der Waals surface area contributed by atoms with Crippen molar-refractivity contribution < 1.29 is 5.11 Å². The van der Waals surface area contributed by atoms with E-state index in [4.69, 9.17) is 5.11 Å². The molecule has 0 amide bonds. The molecule has 0 atom stereocenters. The Balaban J connectivity index is 2.45. The van der Waals surface area contributed by atoms with Gasteiger partial charge in [0, 0.05) is 0 Å². The van der Waals surface area contributed by atoms with Crippen LogP contribution < -0.4 is 0 Å². The van der Waals surface area contributed by atoms with Gasteiger partial charge in [-0.05, 0) is 23.6 Å². The van der Waals surface area contributed by atoms with Gasteiger partial charge >= 0.3 is 0 Å². The van der Waals surface area contributed by atoms with Crippen LogP contribution in [0.3, 0.4) is 0 Å². The van der Waals surface area contributed by atoms with Gasteiger partial charge in [-0.15, -0.1) is 0 Å². The highest BCUT2D eigenvalue weighted by Crippen LogP contribution is 2.15. The minimum Gasteiger partial charge on any atom is -0.509 e. The molecule has 1 heteroatoms. The van der Waals surface area contributed by atoms with Crippen molar-refractivity contribution in [1.82, 2.24) is 0 Å². The highest BCUT2D eigenvalue weighted by Gasteiger charge is 1.93. The lowest BCUT2D eigenvalue weighted by Crippen LogP contribution is -1.79. The Hall–Kier alpha value is -2.02. The number of aliphatic hydroxyl groups excluding tert-OH is 1. The van der Waals surface area contributed by atoms with Crippen molar-refractivity contribution >= 4 is 5.57 Å². The Labute approximate surface area is 96.8 Å². The average molecular weight is 212 g/mol. The normalized spacial score (nSPS) is 11.0. The highest BCUT2D eigenvalue weighted by molar-refractivity contribution is 5.64. The van der Waals surface area contributed by atoms with Gasteiger partial charge in [-0.25, -0.2) is 0 Å². The Morgan fingerprint density at radius 3 is 2.44 bits per heavy atom. The largest absolute Gasteiger partial charge is 0.509 e. The molecule has 0 aromatic heterocycles. The first-order chi connectivity index (χ1) is 7.70. The molecule has 1 N–H and O–H groups in total. The van der Waals surface area contributed by atoms with Crippen molar-refractivity contribution in [3.05, 3.63) is 79.1 Å². The van der Waals surface area contributed by atoms with E-state index in [0.717, 1.165) is 17.6 Å². The summed E-state index contributed by atoms with van der Waals surface area (Å²) < 4.78 is 0. The molecule has 16 heavy (non-hydrogen) atoms. The van der Waals surface area contributed by atoms with Gasteiger partial charge in [-0.1, -0.05) is 61.7 Å². The maximum absolute atomic E-state index is 8.81. The molecule has 0 spiro atoms. The molecule has 0 radical (unpaired) electrons. The lowest BCUT2D eigenvalue weighted by atomic mass is 10.0. The topological polar surface area (TPSA) is 20.2 Å². The summed E-state index contributed by atoms with van der Waals surface area (Å²) in [7, 11) is 0. The number of aliphatic hydroxyl groups is 1. The van der Waals surface area contributed by atoms with Gasteiger partial charge in [0.1, 0.15) is 5.76 Å². The Morgan fingerprint density at radius 2 is 1.81 bits per heavy atom. The van der Waals surface area contributed by atoms with Crippen LogP contribution in [-0.2, 0) is 0 Å².